The Morgan fingerprint density at radius 1 is 1.36 bits per heavy atom. The molecule has 2 aromatic heterocycles. The first-order chi connectivity index (χ1) is 12.2. The third-order valence-corrected chi connectivity index (χ3v) is 4.93. The molecule has 2 heterocycles. The number of H-pyrrole nitrogens is 1. The van der Waals surface area contributed by atoms with Crippen molar-refractivity contribution in [3.8, 4) is 5.75 Å². The Morgan fingerprint density at radius 2 is 2.16 bits per heavy atom. The van der Waals surface area contributed by atoms with Crippen molar-refractivity contribution >= 4 is 39.3 Å². The van der Waals surface area contributed by atoms with Crippen molar-refractivity contribution in [2.45, 2.75) is 18.1 Å². The molecule has 0 bridgehead atoms. The highest BCUT2D eigenvalue weighted by atomic mass is 32.2. The van der Waals surface area contributed by atoms with Crippen molar-refractivity contribution in [3.05, 3.63) is 40.0 Å². The zero-order valence-electron chi connectivity index (χ0n) is 13.6. The molecule has 1 aromatic carbocycles. The van der Waals surface area contributed by atoms with Crippen LogP contribution in [-0.2, 0) is 0 Å². The number of nitrogens with one attached hydrogen (secondary N) is 2. The third kappa shape index (κ3) is 4.71. The van der Waals surface area contributed by atoms with Gasteiger partial charge in [0.2, 0.25) is 0 Å². The minimum atomic E-state index is -0.182. The van der Waals surface area contributed by atoms with E-state index in [1.165, 1.54) is 11.8 Å². The number of thiazole rings is 1. The summed E-state index contributed by atoms with van der Waals surface area (Å²) in [7, 11) is 0. The van der Waals surface area contributed by atoms with E-state index in [9.17, 15) is 9.90 Å². The molecular weight excluding hydrogens is 360 g/mol. The summed E-state index contributed by atoms with van der Waals surface area (Å²) in [6, 6.07) is 9.42. The fraction of sp³-hybridized carbons (Fsp3) is 0.312. The second kappa shape index (κ2) is 8.32. The van der Waals surface area contributed by atoms with Crippen LogP contribution in [-0.4, -0.2) is 45.1 Å². The van der Waals surface area contributed by atoms with E-state index in [2.05, 4.69) is 20.3 Å². The van der Waals surface area contributed by atoms with Gasteiger partial charge in [0.25, 0.3) is 0 Å². The van der Waals surface area contributed by atoms with E-state index in [0.717, 1.165) is 17.1 Å². The first-order valence-electron chi connectivity index (χ1n) is 7.74. The van der Waals surface area contributed by atoms with Crippen LogP contribution in [0.2, 0.25) is 0 Å². The molecule has 1 atom stereocenters. The van der Waals surface area contributed by atoms with Crippen LogP contribution in [0.15, 0.2) is 40.3 Å². The molecule has 0 fully saturated rings. The molecule has 0 spiro atoms. The molecule has 0 aliphatic heterocycles. The number of thioether (sulfide) groups is 1. The molecule has 0 aliphatic carbocycles. The molecule has 0 saturated heterocycles. The highest BCUT2D eigenvalue weighted by Crippen LogP contribution is 2.25. The van der Waals surface area contributed by atoms with Gasteiger partial charge in [-0.25, -0.2) is 9.97 Å². The average Bonchev–Trinajstić information content (AvgIpc) is 3.00. The number of aromatic nitrogens is 3. The topological polar surface area (TPSA) is 100 Å². The molecular formula is C16H18N4O3S2. The summed E-state index contributed by atoms with van der Waals surface area (Å²) in [5.74, 6) is 2.05. The number of ether oxygens (including phenoxy) is 1. The molecule has 3 N–H and O–H groups in total. The fourth-order valence-corrected chi connectivity index (χ4v) is 3.47. The second-order valence-corrected chi connectivity index (χ2v) is 7.33. The number of benzene rings is 1. The zero-order valence-corrected chi connectivity index (χ0v) is 15.2. The van der Waals surface area contributed by atoms with Crippen LogP contribution in [0.25, 0.3) is 10.3 Å². The summed E-state index contributed by atoms with van der Waals surface area (Å²) in [6.07, 6.45) is 0. The molecule has 3 aromatic rings. The van der Waals surface area contributed by atoms with Crippen LogP contribution in [0.4, 0.5) is 5.82 Å². The van der Waals surface area contributed by atoms with Gasteiger partial charge in [-0.3, -0.25) is 9.78 Å². The molecule has 0 amide bonds. The number of hydrogen-bond donors (Lipinski definition) is 3. The Bertz CT molecular complexity index is 882. The van der Waals surface area contributed by atoms with Crippen LogP contribution >= 0.6 is 23.1 Å². The van der Waals surface area contributed by atoms with Gasteiger partial charge in [-0.2, -0.15) is 0 Å². The Labute approximate surface area is 152 Å². The summed E-state index contributed by atoms with van der Waals surface area (Å²) in [6.45, 7) is 2.33. The van der Waals surface area contributed by atoms with Crippen molar-refractivity contribution < 1.29 is 9.84 Å². The van der Waals surface area contributed by atoms with E-state index in [0.29, 0.717) is 33.7 Å². The SMILES string of the molecule is C[C@H](CO)Nc1nc(SCCOc2ccccc2)nc2[nH]c(=O)sc12. The lowest BCUT2D eigenvalue weighted by Crippen LogP contribution is -2.20. The first kappa shape index (κ1) is 17.7. The van der Waals surface area contributed by atoms with Crippen LogP contribution in [0.1, 0.15) is 6.92 Å². The minimum absolute atomic E-state index is 0.0296. The van der Waals surface area contributed by atoms with Gasteiger partial charge in [-0.1, -0.05) is 41.3 Å². The highest BCUT2D eigenvalue weighted by Gasteiger charge is 2.13. The summed E-state index contributed by atoms with van der Waals surface area (Å²) in [5, 5.41) is 12.9. The van der Waals surface area contributed by atoms with Gasteiger partial charge < -0.3 is 15.2 Å². The van der Waals surface area contributed by atoms with Crippen LogP contribution < -0.4 is 14.9 Å². The summed E-state index contributed by atoms with van der Waals surface area (Å²) in [5.41, 5.74) is 0.504. The van der Waals surface area contributed by atoms with E-state index >= 15 is 0 Å². The molecule has 132 valence electrons. The van der Waals surface area contributed by atoms with Crippen molar-refractivity contribution in [2.24, 2.45) is 0 Å². The number of nitrogens with zero attached hydrogens (tertiary/aromatic N) is 2. The monoisotopic (exact) mass is 378 g/mol. The van der Waals surface area contributed by atoms with Crippen LogP contribution in [0.3, 0.4) is 0 Å². The summed E-state index contributed by atoms with van der Waals surface area (Å²) >= 11 is 2.50. The van der Waals surface area contributed by atoms with Crippen molar-refractivity contribution in [1.82, 2.24) is 15.0 Å². The smallest absolute Gasteiger partial charge is 0.306 e. The Hall–Kier alpha value is -2.10. The van der Waals surface area contributed by atoms with Crippen molar-refractivity contribution in [1.29, 1.82) is 0 Å². The number of aliphatic hydroxyl groups is 1. The van der Waals surface area contributed by atoms with Gasteiger partial charge in [0.05, 0.1) is 13.2 Å². The second-order valence-electron chi connectivity index (χ2n) is 5.28. The number of aliphatic hydroxyl groups excluding tert-OH is 1. The molecule has 0 aliphatic rings. The zero-order chi connectivity index (χ0) is 17.6. The molecule has 0 saturated carbocycles. The Kier molecular flexibility index (Phi) is 5.90. The van der Waals surface area contributed by atoms with Crippen molar-refractivity contribution in [3.63, 3.8) is 0 Å². The minimum Gasteiger partial charge on any atom is -0.493 e. The normalized spacial score (nSPS) is 12.2. The van der Waals surface area contributed by atoms with E-state index in [1.54, 1.807) is 0 Å². The fourth-order valence-electron chi connectivity index (χ4n) is 2.08. The van der Waals surface area contributed by atoms with Gasteiger partial charge in [0.1, 0.15) is 10.4 Å². The predicted molar refractivity (Wildman–Crippen MR) is 101 cm³/mol. The Morgan fingerprint density at radius 3 is 2.92 bits per heavy atom. The highest BCUT2D eigenvalue weighted by molar-refractivity contribution is 7.99. The number of rotatable bonds is 8. The molecule has 9 heteroatoms. The lowest BCUT2D eigenvalue weighted by Gasteiger charge is -2.12. The van der Waals surface area contributed by atoms with Gasteiger partial charge in [0, 0.05) is 11.8 Å². The lowest BCUT2D eigenvalue weighted by atomic mass is 10.3. The molecule has 25 heavy (non-hydrogen) atoms. The van der Waals surface area contributed by atoms with Crippen LogP contribution in [0.5, 0.6) is 5.75 Å². The van der Waals surface area contributed by atoms with E-state index in [-0.39, 0.29) is 17.5 Å². The largest absolute Gasteiger partial charge is 0.493 e. The maximum atomic E-state index is 11.6. The maximum Gasteiger partial charge on any atom is 0.306 e. The van der Waals surface area contributed by atoms with E-state index in [4.69, 9.17) is 4.74 Å². The number of anilines is 1. The molecule has 7 nitrogen and oxygen atoms in total. The Balaban J connectivity index is 1.69. The maximum absolute atomic E-state index is 11.6. The predicted octanol–water partition coefficient (Wildman–Crippen LogP) is 2.34. The van der Waals surface area contributed by atoms with E-state index in [1.807, 2.05) is 37.3 Å². The van der Waals surface area contributed by atoms with Crippen LogP contribution in [0, 0.1) is 0 Å². The third-order valence-electron chi connectivity index (χ3n) is 3.24. The average molecular weight is 378 g/mol. The molecule has 0 radical (unpaired) electrons. The van der Waals surface area contributed by atoms with E-state index < -0.39 is 0 Å². The molecule has 0 unspecified atom stereocenters. The van der Waals surface area contributed by atoms with Gasteiger partial charge in [0.15, 0.2) is 16.6 Å². The number of fused-ring (bicyclic) bond motifs is 1. The first-order valence-corrected chi connectivity index (χ1v) is 9.55. The quantitative estimate of drug-likeness (QED) is 0.314. The summed E-state index contributed by atoms with van der Waals surface area (Å²) in [4.78, 5) is 23.0. The number of aromatic amines is 1. The summed E-state index contributed by atoms with van der Waals surface area (Å²) < 4.78 is 6.31. The lowest BCUT2D eigenvalue weighted by molar-refractivity contribution is 0.281. The van der Waals surface area contributed by atoms with Gasteiger partial charge in [-0.15, -0.1) is 0 Å². The number of hydrogen-bond acceptors (Lipinski definition) is 8. The van der Waals surface area contributed by atoms with Gasteiger partial charge >= 0.3 is 4.87 Å². The standard InChI is InChI=1S/C16H18N4O3S2/c1-10(9-21)17-13-12-14(20-16(22)25-12)19-15(18-13)24-8-7-23-11-5-3-2-4-6-11/h2-6,10,21H,7-9H2,1H3,(H2,17,18,19,20,22)/t10-/m1/s1. The number of para-hydroxylation sites is 1. The van der Waals surface area contributed by atoms with Gasteiger partial charge in [-0.05, 0) is 19.1 Å². The molecule has 3 rings (SSSR count). The van der Waals surface area contributed by atoms with Crippen molar-refractivity contribution in [2.75, 3.05) is 24.3 Å².